The number of aliphatic hydroxyl groups is 5. The lowest BCUT2D eigenvalue weighted by Crippen LogP contribution is -2.81. The summed E-state index contributed by atoms with van der Waals surface area (Å²) in [4.78, 5) is 0. The predicted octanol–water partition coefficient (Wildman–Crippen LogP) is 1.25. The molecule has 3 aliphatic carbocycles. The summed E-state index contributed by atoms with van der Waals surface area (Å²) >= 11 is 0. The zero-order valence-corrected chi connectivity index (χ0v) is 21.9. The van der Waals surface area contributed by atoms with Crippen LogP contribution in [0.1, 0.15) is 58.8 Å². The van der Waals surface area contributed by atoms with Gasteiger partial charge >= 0.3 is 0 Å². The average Bonchev–Trinajstić information content (AvgIpc) is 3.58. The highest BCUT2D eigenvalue weighted by molar-refractivity contribution is 5.32. The summed E-state index contributed by atoms with van der Waals surface area (Å²) in [5, 5.41) is 57.6. The maximum Gasteiger partial charge on any atom is 0.181 e. The SMILES string of the molecule is CC(O)O[C@@]12COC1CC(O)C13OC1C(O)C1C(C)CCC(O)([C@@H](OC(O)c4ccccc4)[C@@H]32)C1(C)C. The number of rotatable bonds is 5. The molecule has 206 valence electrons. The lowest BCUT2D eigenvalue weighted by molar-refractivity contribution is -0.388. The highest BCUT2D eigenvalue weighted by atomic mass is 16.7. The van der Waals surface area contributed by atoms with Gasteiger partial charge in [-0.1, -0.05) is 51.1 Å². The fourth-order valence-electron chi connectivity index (χ4n) is 8.65. The van der Waals surface area contributed by atoms with E-state index in [0.29, 0.717) is 18.4 Å². The number of fused-ring (bicyclic) bond motifs is 4. The summed E-state index contributed by atoms with van der Waals surface area (Å²) in [7, 11) is 0. The highest BCUT2D eigenvalue weighted by Crippen LogP contribution is 2.69. The van der Waals surface area contributed by atoms with E-state index in [2.05, 4.69) is 6.92 Å². The van der Waals surface area contributed by atoms with Crippen LogP contribution in [0.4, 0.5) is 0 Å². The molecule has 13 atom stereocenters. The molecular formula is C28H40O9. The third kappa shape index (κ3) is 3.36. The molecule has 6 rings (SSSR count). The van der Waals surface area contributed by atoms with Crippen molar-refractivity contribution in [1.29, 1.82) is 0 Å². The van der Waals surface area contributed by atoms with Gasteiger partial charge in [-0.2, -0.15) is 0 Å². The van der Waals surface area contributed by atoms with Crippen LogP contribution < -0.4 is 0 Å². The first-order chi connectivity index (χ1) is 17.4. The molecule has 10 unspecified atom stereocenters. The number of epoxide rings is 1. The van der Waals surface area contributed by atoms with E-state index in [4.69, 9.17) is 18.9 Å². The molecule has 1 spiro atoms. The van der Waals surface area contributed by atoms with Gasteiger partial charge in [-0.05, 0) is 31.6 Å². The van der Waals surface area contributed by atoms with Gasteiger partial charge in [0.25, 0.3) is 0 Å². The van der Waals surface area contributed by atoms with E-state index in [9.17, 15) is 25.5 Å². The summed E-state index contributed by atoms with van der Waals surface area (Å²) < 4.78 is 24.9. The Morgan fingerprint density at radius 2 is 1.81 bits per heavy atom. The highest BCUT2D eigenvalue weighted by Gasteiger charge is 2.84. The van der Waals surface area contributed by atoms with E-state index in [0.717, 1.165) is 0 Å². The number of ether oxygens (including phenoxy) is 4. The van der Waals surface area contributed by atoms with Crippen molar-refractivity contribution < 1.29 is 44.5 Å². The molecule has 0 aromatic heterocycles. The largest absolute Gasteiger partial charge is 0.390 e. The van der Waals surface area contributed by atoms with Gasteiger partial charge in [0, 0.05) is 17.4 Å². The molecule has 0 radical (unpaired) electrons. The number of benzene rings is 1. The predicted molar refractivity (Wildman–Crippen MR) is 130 cm³/mol. The van der Waals surface area contributed by atoms with E-state index in [1.165, 1.54) is 6.92 Å². The summed E-state index contributed by atoms with van der Waals surface area (Å²) in [5.41, 5.74) is -4.28. The third-order valence-electron chi connectivity index (χ3n) is 10.5. The Morgan fingerprint density at radius 1 is 1.11 bits per heavy atom. The molecule has 9 nitrogen and oxygen atoms in total. The molecule has 5 N–H and O–H groups in total. The van der Waals surface area contributed by atoms with E-state index in [-0.39, 0.29) is 24.9 Å². The molecule has 2 bridgehead atoms. The Kier molecular flexibility index (Phi) is 5.95. The van der Waals surface area contributed by atoms with E-state index in [1.54, 1.807) is 24.3 Å². The molecule has 5 fully saturated rings. The number of aliphatic hydroxyl groups excluding tert-OH is 4. The maximum absolute atomic E-state index is 12.7. The minimum absolute atomic E-state index is 0.0889. The smallest absolute Gasteiger partial charge is 0.181 e. The van der Waals surface area contributed by atoms with Gasteiger partial charge in [0.15, 0.2) is 12.6 Å². The van der Waals surface area contributed by atoms with Gasteiger partial charge in [0.05, 0.1) is 42.5 Å². The maximum atomic E-state index is 12.7. The van der Waals surface area contributed by atoms with Gasteiger partial charge in [-0.15, -0.1) is 0 Å². The van der Waals surface area contributed by atoms with Crippen LogP contribution >= 0.6 is 0 Å². The first-order valence-corrected chi connectivity index (χ1v) is 13.5. The molecule has 9 heteroatoms. The molecule has 2 saturated heterocycles. The molecule has 3 saturated carbocycles. The van der Waals surface area contributed by atoms with Crippen LogP contribution in [0.15, 0.2) is 30.3 Å². The quantitative estimate of drug-likeness (QED) is 0.286. The van der Waals surface area contributed by atoms with Gasteiger partial charge in [0.1, 0.15) is 17.3 Å². The van der Waals surface area contributed by atoms with Gasteiger partial charge < -0.3 is 44.5 Å². The van der Waals surface area contributed by atoms with Crippen molar-refractivity contribution in [2.75, 3.05) is 6.61 Å². The fourth-order valence-corrected chi connectivity index (χ4v) is 8.65. The van der Waals surface area contributed by atoms with Crippen molar-refractivity contribution in [3.05, 3.63) is 35.9 Å². The zero-order valence-electron chi connectivity index (χ0n) is 21.9. The molecule has 5 aliphatic rings. The van der Waals surface area contributed by atoms with Crippen molar-refractivity contribution in [3.8, 4) is 0 Å². The van der Waals surface area contributed by atoms with Crippen molar-refractivity contribution in [3.63, 3.8) is 0 Å². The van der Waals surface area contributed by atoms with Gasteiger partial charge in [-0.3, -0.25) is 0 Å². The monoisotopic (exact) mass is 520 g/mol. The lowest BCUT2D eigenvalue weighted by atomic mass is 9.46. The molecular weight excluding hydrogens is 480 g/mol. The van der Waals surface area contributed by atoms with Crippen LogP contribution in [0, 0.1) is 23.2 Å². The fraction of sp³-hybridized carbons (Fsp3) is 0.786. The van der Waals surface area contributed by atoms with Crippen molar-refractivity contribution in [2.45, 2.75) is 107 Å². The topological polar surface area (TPSA) is 141 Å². The van der Waals surface area contributed by atoms with Gasteiger partial charge in [0.2, 0.25) is 0 Å². The van der Waals surface area contributed by atoms with E-state index < -0.39 is 71.2 Å². The van der Waals surface area contributed by atoms with Crippen molar-refractivity contribution >= 4 is 0 Å². The normalized spacial score (nSPS) is 51.3. The second-order valence-corrected chi connectivity index (χ2v) is 12.6. The Bertz CT molecular complexity index is 1020. The van der Waals surface area contributed by atoms with Gasteiger partial charge in [-0.25, -0.2) is 0 Å². The van der Waals surface area contributed by atoms with Crippen LogP contribution in [-0.2, 0) is 18.9 Å². The van der Waals surface area contributed by atoms with Crippen molar-refractivity contribution in [1.82, 2.24) is 0 Å². The van der Waals surface area contributed by atoms with Crippen molar-refractivity contribution in [2.24, 2.45) is 23.2 Å². The Morgan fingerprint density at radius 3 is 2.43 bits per heavy atom. The molecule has 0 amide bonds. The second kappa shape index (κ2) is 8.43. The minimum atomic E-state index is -1.53. The summed E-state index contributed by atoms with van der Waals surface area (Å²) in [6, 6.07) is 8.93. The van der Waals surface area contributed by atoms with Crippen LogP contribution in [0.2, 0.25) is 0 Å². The van der Waals surface area contributed by atoms with E-state index in [1.807, 2.05) is 19.9 Å². The van der Waals surface area contributed by atoms with Crippen LogP contribution in [0.25, 0.3) is 0 Å². The second-order valence-electron chi connectivity index (χ2n) is 12.6. The van der Waals surface area contributed by atoms with Crippen LogP contribution in [-0.4, -0.2) is 85.8 Å². The standard InChI is InChI=1S/C28H40O9/c1-14-10-11-27(33)23(35-24(32)16-8-6-5-7-9-16)21-26(36-15(2)29)13-34-18(26)12-17(30)28(21)22(37-28)20(31)19(14)25(27,3)4/h5-9,14-15,17-24,29-33H,10-13H2,1-4H3/t14?,15?,17?,18?,19?,20?,21-,22?,23+,24?,26+,27?,28?/m1/s1. The summed E-state index contributed by atoms with van der Waals surface area (Å²) in [6.07, 6.45) is -5.63. The zero-order chi connectivity index (χ0) is 26.5. The van der Waals surface area contributed by atoms with E-state index >= 15 is 0 Å². The van der Waals surface area contributed by atoms with Crippen LogP contribution in [0.3, 0.4) is 0 Å². The Balaban J connectivity index is 1.55. The average molecular weight is 521 g/mol. The molecule has 37 heavy (non-hydrogen) atoms. The molecule has 2 aliphatic heterocycles. The Labute approximate surface area is 217 Å². The molecule has 1 aromatic rings. The lowest BCUT2D eigenvalue weighted by Gasteiger charge is -2.66. The minimum Gasteiger partial charge on any atom is -0.390 e. The Hall–Kier alpha value is -1.14. The first kappa shape index (κ1) is 26.1. The summed E-state index contributed by atoms with van der Waals surface area (Å²) in [6.45, 7) is 7.56. The number of hydrogen-bond donors (Lipinski definition) is 5. The van der Waals surface area contributed by atoms with Crippen LogP contribution in [0.5, 0.6) is 0 Å². The third-order valence-corrected chi connectivity index (χ3v) is 10.5. The molecule has 1 aromatic carbocycles. The summed E-state index contributed by atoms with van der Waals surface area (Å²) in [5.74, 6) is -1.09. The molecule has 2 heterocycles. The number of hydrogen-bond acceptors (Lipinski definition) is 9. The first-order valence-electron chi connectivity index (χ1n) is 13.5.